The third-order valence-corrected chi connectivity index (χ3v) is 7.61. The molecular formula is C32H36N2O7. The first-order valence-corrected chi connectivity index (χ1v) is 13.8. The quantitative estimate of drug-likeness (QED) is 0.411. The molecule has 41 heavy (non-hydrogen) atoms. The number of aryl methyl sites for hydroxylation is 1. The Labute approximate surface area is 240 Å². The van der Waals surface area contributed by atoms with Gasteiger partial charge in [-0.2, -0.15) is 0 Å². The van der Waals surface area contributed by atoms with Gasteiger partial charge in [0, 0.05) is 18.8 Å². The van der Waals surface area contributed by atoms with Crippen LogP contribution in [-0.4, -0.2) is 58.0 Å². The van der Waals surface area contributed by atoms with Crippen molar-refractivity contribution in [3.63, 3.8) is 0 Å². The van der Waals surface area contributed by atoms with Crippen LogP contribution in [0.5, 0.6) is 23.0 Å². The number of fused-ring (bicyclic) bond motifs is 1. The van der Waals surface area contributed by atoms with Gasteiger partial charge >= 0.3 is 0 Å². The topological polar surface area (TPSA) is 95.6 Å². The van der Waals surface area contributed by atoms with Gasteiger partial charge in [-0.15, -0.1) is 0 Å². The second-order valence-corrected chi connectivity index (χ2v) is 10.2. The maximum Gasteiger partial charge on any atom is 0.272 e. The number of hydrogen-bond donors (Lipinski definition) is 1. The first-order valence-electron chi connectivity index (χ1n) is 13.8. The molecule has 0 aromatic heterocycles. The first kappa shape index (κ1) is 28.3. The minimum Gasteiger partial charge on any atom is -0.493 e. The molecule has 1 N–H and O–H groups in total. The van der Waals surface area contributed by atoms with Crippen LogP contribution < -0.4 is 29.2 Å². The number of hydrogen-bond acceptors (Lipinski definition) is 7. The molecule has 1 fully saturated rings. The van der Waals surface area contributed by atoms with Gasteiger partial charge in [0.15, 0.2) is 23.0 Å². The van der Waals surface area contributed by atoms with Crippen LogP contribution in [0.4, 0.5) is 5.69 Å². The number of rotatable bonds is 9. The number of nitrogens with one attached hydrogen (secondary N) is 1. The van der Waals surface area contributed by atoms with Crippen LogP contribution >= 0.6 is 0 Å². The second-order valence-electron chi connectivity index (χ2n) is 10.2. The van der Waals surface area contributed by atoms with E-state index in [1.54, 1.807) is 37.4 Å². The number of nitrogens with zero attached hydrogens (tertiary/aromatic N) is 1. The van der Waals surface area contributed by atoms with E-state index in [0.29, 0.717) is 47.4 Å². The van der Waals surface area contributed by atoms with Gasteiger partial charge < -0.3 is 29.0 Å². The Morgan fingerprint density at radius 2 is 1.78 bits per heavy atom. The standard InChI is InChI=1S/C32H36N2O7/c1-20-9-7-11-24(21(20)2)34(32(36)29-19-40-26-12-5-6-13-27(26)41-29)30(31(35)33-18-23-10-8-16-39-23)22-14-15-25(37-3)28(17-22)38-4/h5-7,9,11-15,17,23,29-30H,8,10,16,18-19H2,1-4H3,(H,33,35)/t23-,29-,30-/m1/s1. The fourth-order valence-electron chi connectivity index (χ4n) is 5.23. The van der Waals surface area contributed by atoms with Gasteiger partial charge in [0.1, 0.15) is 12.6 Å². The number of carbonyl (C=O) groups excluding carboxylic acids is 2. The van der Waals surface area contributed by atoms with E-state index in [1.807, 2.05) is 44.2 Å². The number of amides is 2. The minimum absolute atomic E-state index is 0.00734. The average molecular weight is 561 g/mol. The van der Waals surface area contributed by atoms with Gasteiger partial charge in [-0.3, -0.25) is 14.5 Å². The van der Waals surface area contributed by atoms with Crippen molar-refractivity contribution in [1.82, 2.24) is 5.32 Å². The van der Waals surface area contributed by atoms with Gasteiger partial charge in [-0.1, -0.05) is 30.3 Å². The third-order valence-electron chi connectivity index (χ3n) is 7.61. The molecule has 3 atom stereocenters. The lowest BCUT2D eigenvalue weighted by Gasteiger charge is -2.36. The van der Waals surface area contributed by atoms with Crippen LogP contribution in [-0.2, 0) is 14.3 Å². The lowest BCUT2D eigenvalue weighted by Crippen LogP contribution is -2.52. The van der Waals surface area contributed by atoms with E-state index in [2.05, 4.69) is 5.32 Å². The molecule has 2 aliphatic heterocycles. The third kappa shape index (κ3) is 5.95. The molecule has 3 aromatic carbocycles. The molecule has 0 saturated carbocycles. The molecule has 0 unspecified atom stereocenters. The van der Waals surface area contributed by atoms with Crippen LogP contribution in [0, 0.1) is 13.8 Å². The summed E-state index contributed by atoms with van der Waals surface area (Å²) in [6, 6.07) is 17.1. The molecule has 0 spiro atoms. The molecule has 0 radical (unpaired) electrons. The molecule has 1 saturated heterocycles. The Bertz CT molecular complexity index is 1400. The summed E-state index contributed by atoms with van der Waals surface area (Å²) in [4.78, 5) is 30.2. The Morgan fingerprint density at radius 1 is 1.00 bits per heavy atom. The Morgan fingerprint density at radius 3 is 2.51 bits per heavy atom. The van der Waals surface area contributed by atoms with Crippen molar-refractivity contribution in [3.8, 4) is 23.0 Å². The number of methoxy groups -OCH3 is 2. The summed E-state index contributed by atoms with van der Waals surface area (Å²) in [5.74, 6) is 1.25. The highest BCUT2D eigenvalue weighted by Crippen LogP contribution is 2.38. The molecule has 3 aromatic rings. The molecular weight excluding hydrogens is 524 g/mol. The number of anilines is 1. The molecule has 2 aliphatic rings. The smallest absolute Gasteiger partial charge is 0.272 e. The monoisotopic (exact) mass is 560 g/mol. The van der Waals surface area contributed by atoms with Crippen molar-refractivity contribution in [1.29, 1.82) is 0 Å². The normalized spacial score (nSPS) is 18.3. The van der Waals surface area contributed by atoms with Gasteiger partial charge in [-0.05, 0) is 73.7 Å². The summed E-state index contributed by atoms with van der Waals surface area (Å²) in [5, 5.41) is 3.05. The number of benzene rings is 3. The molecule has 216 valence electrons. The van der Waals surface area contributed by atoms with Gasteiger partial charge in [0.25, 0.3) is 5.91 Å². The zero-order chi connectivity index (χ0) is 28.9. The highest BCUT2D eigenvalue weighted by molar-refractivity contribution is 6.04. The van der Waals surface area contributed by atoms with Gasteiger partial charge in [0.2, 0.25) is 12.0 Å². The van der Waals surface area contributed by atoms with Crippen LogP contribution in [0.2, 0.25) is 0 Å². The Balaban J connectivity index is 1.60. The number of para-hydroxylation sites is 2. The van der Waals surface area contributed by atoms with Crippen LogP contribution in [0.3, 0.4) is 0 Å². The SMILES string of the molecule is COc1ccc([C@H](C(=O)NC[C@H]2CCCO2)N(C(=O)[C@H]2COc3ccccc3O2)c2cccc(C)c2C)cc1OC. The van der Waals surface area contributed by atoms with Crippen molar-refractivity contribution in [2.75, 3.05) is 38.9 Å². The van der Waals surface area contributed by atoms with Crippen LogP contribution in [0.25, 0.3) is 0 Å². The lowest BCUT2D eigenvalue weighted by atomic mass is 9.99. The summed E-state index contributed by atoms with van der Waals surface area (Å²) >= 11 is 0. The van der Waals surface area contributed by atoms with E-state index in [1.165, 1.54) is 12.0 Å². The van der Waals surface area contributed by atoms with Crippen LogP contribution in [0.1, 0.15) is 35.6 Å². The second kappa shape index (κ2) is 12.5. The highest BCUT2D eigenvalue weighted by atomic mass is 16.6. The van der Waals surface area contributed by atoms with E-state index in [4.69, 9.17) is 23.7 Å². The molecule has 9 heteroatoms. The molecule has 0 aliphatic carbocycles. The molecule has 9 nitrogen and oxygen atoms in total. The predicted molar refractivity (Wildman–Crippen MR) is 154 cm³/mol. The van der Waals surface area contributed by atoms with Crippen molar-refractivity contribution < 1.29 is 33.3 Å². The number of ether oxygens (including phenoxy) is 5. The fourth-order valence-corrected chi connectivity index (χ4v) is 5.23. The number of carbonyl (C=O) groups is 2. The fraction of sp³-hybridized carbons (Fsp3) is 0.375. The lowest BCUT2D eigenvalue weighted by molar-refractivity contribution is -0.131. The summed E-state index contributed by atoms with van der Waals surface area (Å²) in [5.41, 5.74) is 3.01. The highest BCUT2D eigenvalue weighted by Gasteiger charge is 2.40. The van der Waals surface area contributed by atoms with Crippen molar-refractivity contribution >= 4 is 17.5 Å². The minimum atomic E-state index is -1.05. The van der Waals surface area contributed by atoms with Crippen molar-refractivity contribution in [3.05, 3.63) is 77.4 Å². The average Bonchev–Trinajstić information content (AvgIpc) is 3.53. The van der Waals surface area contributed by atoms with Gasteiger partial charge in [0.05, 0.1) is 20.3 Å². The Hall–Kier alpha value is -4.24. The van der Waals surface area contributed by atoms with E-state index in [-0.39, 0.29) is 18.6 Å². The molecule has 2 amide bonds. The van der Waals surface area contributed by atoms with Crippen LogP contribution in [0.15, 0.2) is 60.7 Å². The van der Waals surface area contributed by atoms with E-state index < -0.39 is 18.1 Å². The van der Waals surface area contributed by atoms with E-state index in [9.17, 15) is 9.59 Å². The van der Waals surface area contributed by atoms with Crippen molar-refractivity contribution in [2.24, 2.45) is 0 Å². The predicted octanol–water partition coefficient (Wildman–Crippen LogP) is 4.53. The van der Waals surface area contributed by atoms with E-state index in [0.717, 1.165) is 24.0 Å². The van der Waals surface area contributed by atoms with Crippen molar-refractivity contribution in [2.45, 2.75) is 44.9 Å². The maximum absolute atomic E-state index is 14.5. The van der Waals surface area contributed by atoms with Gasteiger partial charge in [-0.25, -0.2) is 0 Å². The zero-order valence-corrected chi connectivity index (χ0v) is 23.8. The molecule has 5 rings (SSSR count). The largest absolute Gasteiger partial charge is 0.493 e. The Kier molecular flexibility index (Phi) is 8.64. The molecule has 2 heterocycles. The van der Waals surface area contributed by atoms with E-state index >= 15 is 0 Å². The summed E-state index contributed by atoms with van der Waals surface area (Å²) in [6.07, 6.45) is 0.778. The summed E-state index contributed by atoms with van der Waals surface area (Å²) in [6.45, 7) is 4.93. The summed E-state index contributed by atoms with van der Waals surface area (Å²) < 4.78 is 28.8. The zero-order valence-electron chi connectivity index (χ0n) is 23.8. The summed E-state index contributed by atoms with van der Waals surface area (Å²) in [7, 11) is 3.08. The maximum atomic E-state index is 14.5. The molecule has 0 bridgehead atoms. The first-order chi connectivity index (χ1) is 19.9.